The number of carbonyl (C=O) groups is 10. The number of hydrogen-bond acceptors (Lipinski definition) is 16. The average Bonchev–Trinajstić information content (AvgIpc) is 3.68. The summed E-state index contributed by atoms with van der Waals surface area (Å²) >= 11 is 0. The summed E-state index contributed by atoms with van der Waals surface area (Å²) in [7, 11) is 0. The maximum Gasteiger partial charge on any atom is 0.370 e. The highest BCUT2D eigenvalue weighted by Crippen LogP contribution is 2.33. The van der Waals surface area contributed by atoms with Crippen molar-refractivity contribution in [2.45, 2.75) is 64.0 Å². The van der Waals surface area contributed by atoms with Gasteiger partial charge in [-0.1, -0.05) is 47.6 Å². The molecule has 6 amide bonds. The van der Waals surface area contributed by atoms with Crippen LogP contribution in [0.5, 0.6) is 0 Å². The number of azide groups is 1. The van der Waals surface area contributed by atoms with Gasteiger partial charge in [0.15, 0.2) is 34.7 Å². The fourth-order valence-electron chi connectivity index (χ4n) is 5.36. The molecule has 0 saturated carbocycles. The molecular formula is C38H28F4N8O13. The first-order chi connectivity index (χ1) is 29.8. The number of nitrogens with zero attached hydrogens (tertiary/aromatic N) is 8. The third kappa shape index (κ3) is 10.9. The van der Waals surface area contributed by atoms with E-state index in [1.54, 1.807) is 31.2 Å². The topological polar surface area (TPSA) is 282 Å². The van der Waals surface area contributed by atoms with Gasteiger partial charge in [0.2, 0.25) is 0 Å². The summed E-state index contributed by atoms with van der Waals surface area (Å²) in [6.07, 6.45) is 0.212. The van der Waals surface area contributed by atoms with Crippen molar-refractivity contribution in [3.63, 3.8) is 0 Å². The predicted octanol–water partition coefficient (Wildman–Crippen LogP) is 5.10. The van der Waals surface area contributed by atoms with Gasteiger partial charge in [-0.25, -0.2) is 31.9 Å². The Morgan fingerprint density at radius 2 is 1.02 bits per heavy atom. The lowest BCUT2D eigenvalue weighted by atomic mass is 10.0. The lowest BCUT2D eigenvalue weighted by molar-refractivity contribution is -0.197. The number of hydrogen-bond donors (Lipinski definition) is 0. The molecule has 3 aromatic carbocycles. The minimum atomic E-state index is -2.20. The summed E-state index contributed by atoms with van der Waals surface area (Å²) in [6.45, 7) is 1.78. The van der Waals surface area contributed by atoms with Crippen LogP contribution in [0.4, 0.5) is 23.2 Å². The summed E-state index contributed by atoms with van der Waals surface area (Å²) in [6, 6.07) is 14.6. The molecule has 0 radical (unpaired) electrons. The first-order valence-corrected chi connectivity index (χ1v) is 18.1. The van der Waals surface area contributed by atoms with E-state index in [9.17, 15) is 65.5 Å². The molecule has 21 nitrogen and oxygen atoms in total. The first kappa shape index (κ1) is 45.9. The zero-order valence-electron chi connectivity index (χ0n) is 32.2. The summed E-state index contributed by atoms with van der Waals surface area (Å²) in [5.74, 6) is -16.2. The van der Waals surface area contributed by atoms with E-state index in [0.717, 1.165) is 0 Å². The number of imide groups is 3. The summed E-state index contributed by atoms with van der Waals surface area (Å²) in [4.78, 5) is 130. The van der Waals surface area contributed by atoms with E-state index in [1.807, 2.05) is 11.0 Å². The van der Waals surface area contributed by atoms with Gasteiger partial charge in [0.25, 0.3) is 35.4 Å². The molecule has 4 aliphatic heterocycles. The lowest BCUT2D eigenvalue weighted by Crippen LogP contribution is -2.33. The predicted molar refractivity (Wildman–Crippen MR) is 194 cm³/mol. The molecule has 3 aromatic rings. The van der Waals surface area contributed by atoms with E-state index in [2.05, 4.69) is 25.0 Å². The van der Waals surface area contributed by atoms with Crippen molar-refractivity contribution in [1.82, 2.24) is 15.2 Å². The standard InChI is InChI=1S/C18H13NO5.C11H4F4N4O4.C9H11N3O4/c20-15-10-11-16(21)19(15)24-18(23)14-8-6-13(7-9-14)17(22)12-4-2-1-3-5-12;12-6-5(7(13)9(15)10(8(6)14)17-18-16)11(22)23-19-3(20)1-2-4(19)21;1-9(10-11-9)5-4-8(15)16-12-6(13)2-3-7(12)14/h1-9H,10-11H2;1-2H2;2-5H2,1H3. The molecule has 63 heavy (non-hydrogen) atoms. The summed E-state index contributed by atoms with van der Waals surface area (Å²) < 4.78 is 54.4. The highest BCUT2D eigenvalue weighted by atomic mass is 19.2. The van der Waals surface area contributed by atoms with Crippen LogP contribution in [-0.2, 0) is 48.1 Å². The third-order valence-corrected chi connectivity index (χ3v) is 8.81. The van der Waals surface area contributed by atoms with Crippen molar-refractivity contribution >= 4 is 64.8 Å². The van der Waals surface area contributed by atoms with Gasteiger partial charge in [0.1, 0.15) is 11.3 Å². The number of carbonyl (C=O) groups excluding carboxylic acids is 10. The maximum atomic E-state index is 13.7. The van der Waals surface area contributed by atoms with E-state index in [1.165, 1.54) is 24.3 Å². The molecule has 0 bridgehead atoms. The number of halogens is 4. The second-order valence-corrected chi connectivity index (χ2v) is 13.3. The average molecular weight is 881 g/mol. The molecule has 0 spiro atoms. The van der Waals surface area contributed by atoms with E-state index < -0.39 is 93.5 Å². The molecule has 3 saturated heterocycles. The first-order valence-electron chi connectivity index (χ1n) is 18.1. The van der Waals surface area contributed by atoms with Gasteiger partial charge in [-0.3, -0.25) is 33.6 Å². The van der Waals surface area contributed by atoms with Crippen molar-refractivity contribution in [2.75, 3.05) is 0 Å². The fraction of sp³-hybridized carbons (Fsp3) is 0.263. The number of amides is 6. The number of benzene rings is 3. The van der Waals surface area contributed by atoms with Gasteiger partial charge in [-0.15, -0.1) is 15.2 Å². The Balaban J connectivity index is 0.000000182. The van der Waals surface area contributed by atoms with Gasteiger partial charge in [0, 0.05) is 61.0 Å². The molecule has 4 aliphatic rings. The number of hydroxylamine groups is 6. The quantitative estimate of drug-likeness (QED) is 0.0461. The zero-order chi connectivity index (χ0) is 46.2. The minimum absolute atomic E-state index is 0.0383. The molecule has 0 unspecified atom stereocenters. The highest BCUT2D eigenvalue weighted by molar-refractivity contribution is 6.09. The minimum Gasteiger partial charge on any atom is -0.330 e. The van der Waals surface area contributed by atoms with Crippen molar-refractivity contribution in [3.8, 4) is 0 Å². The Morgan fingerprint density at radius 3 is 1.44 bits per heavy atom. The normalized spacial score (nSPS) is 15.9. The van der Waals surface area contributed by atoms with Crippen LogP contribution in [0.3, 0.4) is 0 Å². The molecule has 0 aliphatic carbocycles. The number of ketones is 1. The SMILES string of the molecule is CC1(CCC(=O)ON2C(=O)CCC2=O)N=N1.O=C(ON1C(=O)CCC1=O)c1ccc(C(=O)c2ccccc2)cc1.[N-]=[N+]=Nc1c(F)c(F)c(C(=O)ON2C(=O)CCC2=O)c(F)c1F. The molecule has 7 rings (SSSR count). The van der Waals surface area contributed by atoms with Crippen molar-refractivity contribution in [2.24, 2.45) is 15.3 Å². The number of rotatable bonds is 11. The maximum absolute atomic E-state index is 13.7. The Kier molecular flexibility index (Phi) is 14.2. The van der Waals surface area contributed by atoms with E-state index >= 15 is 0 Å². The Morgan fingerprint density at radius 1 is 0.619 bits per heavy atom. The van der Waals surface area contributed by atoms with Crippen LogP contribution >= 0.6 is 0 Å². The van der Waals surface area contributed by atoms with Crippen molar-refractivity contribution in [1.29, 1.82) is 0 Å². The molecule has 3 fully saturated rings. The van der Waals surface area contributed by atoms with Crippen LogP contribution in [0.15, 0.2) is 69.9 Å². The van der Waals surface area contributed by atoms with Crippen LogP contribution in [0.1, 0.15) is 94.9 Å². The van der Waals surface area contributed by atoms with Gasteiger partial charge in [-0.2, -0.15) is 10.2 Å². The van der Waals surface area contributed by atoms with Crippen LogP contribution < -0.4 is 0 Å². The molecule has 326 valence electrons. The second-order valence-electron chi connectivity index (χ2n) is 13.3. The van der Waals surface area contributed by atoms with Gasteiger partial charge >= 0.3 is 17.9 Å². The molecule has 4 heterocycles. The fourth-order valence-corrected chi connectivity index (χ4v) is 5.36. The van der Waals surface area contributed by atoms with Crippen LogP contribution in [0, 0.1) is 23.3 Å². The Bertz CT molecular complexity index is 2450. The van der Waals surface area contributed by atoms with Gasteiger partial charge < -0.3 is 14.5 Å². The summed E-state index contributed by atoms with van der Waals surface area (Å²) in [5.41, 5.74) is 5.29. The van der Waals surface area contributed by atoms with Crippen LogP contribution in [0.25, 0.3) is 10.4 Å². The monoisotopic (exact) mass is 880 g/mol. The molecule has 0 atom stereocenters. The Labute approximate surface area is 349 Å². The van der Waals surface area contributed by atoms with E-state index in [4.69, 9.17) is 10.4 Å². The highest BCUT2D eigenvalue weighted by Gasteiger charge is 2.38. The van der Waals surface area contributed by atoms with Crippen molar-refractivity contribution in [3.05, 3.63) is 111 Å². The summed E-state index contributed by atoms with van der Waals surface area (Å²) in [5, 5.41) is 10.9. The molecule has 25 heteroatoms. The zero-order valence-corrected chi connectivity index (χ0v) is 32.2. The van der Waals surface area contributed by atoms with E-state index in [-0.39, 0.29) is 61.4 Å². The molecular weight excluding hydrogens is 852 g/mol. The van der Waals surface area contributed by atoms with E-state index in [0.29, 0.717) is 27.7 Å². The third-order valence-electron chi connectivity index (χ3n) is 8.81. The smallest absolute Gasteiger partial charge is 0.330 e. The lowest BCUT2D eigenvalue weighted by Gasteiger charge is -2.14. The largest absolute Gasteiger partial charge is 0.370 e. The van der Waals surface area contributed by atoms with Crippen LogP contribution in [0.2, 0.25) is 0 Å². The van der Waals surface area contributed by atoms with Gasteiger partial charge in [0.05, 0.1) is 12.0 Å². The Hall–Kier alpha value is -8.21. The van der Waals surface area contributed by atoms with Crippen LogP contribution in [-0.4, -0.2) is 80.0 Å². The molecule has 0 N–H and O–H groups in total. The van der Waals surface area contributed by atoms with Gasteiger partial charge in [-0.05, 0) is 24.6 Å². The second kappa shape index (κ2) is 19.4. The molecule has 0 aromatic heterocycles. The van der Waals surface area contributed by atoms with Crippen molar-refractivity contribution < 1.29 is 80.0 Å².